The van der Waals surface area contributed by atoms with Gasteiger partial charge in [0.2, 0.25) is 0 Å². The second kappa shape index (κ2) is 10.5. The Morgan fingerprint density at radius 3 is 1.37 bits per heavy atom. The molecule has 0 unspecified atom stereocenters. The molecule has 0 atom stereocenters. The Morgan fingerprint density at radius 2 is 1.03 bits per heavy atom. The third-order valence-electron chi connectivity index (χ3n) is 6.54. The van der Waals surface area contributed by atoms with E-state index in [4.69, 9.17) is 15.3 Å². The first-order chi connectivity index (χ1) is 16.4. The summed E-state index contributed by atoms with van der Waals surface area (Å²) in [5.74, 6) is 1.38. The molecule has 1 N–H and O–H groups in total. The summed E-state index contributed by atoms with van der Waals surface area (Å²) in [6.07, 6.45) is 1.13. The van der Waals surface area contributed by atoms with Crippen molar-refractivity contribution in [3.8, 4) is 0 Å². The predicted octanol–water partition coefficient (Wildman–Crippen LogP) is 6.74. The molecule has 191 valence electrons. The van der Waals surface area contributed by atoms with Crippen LogP contribution in [0.1, 0.15) is 140 Å². The van der Waals surface area contributed by atoms with E-state index in [1.807, 2.05) is 6.92 Å². The van der Waals surface area contributed by atoms with Gasteiger partial charge in [0.1, 0.15) is 0 Å². The molecule has 0 aromatic carbocycles. The molecule has 0 amide bonds. The SMILES string of the molecule is C/C(=C/O)c1cc(C(C)C)n([B-](n2nc(C(C)C)cc2C(C)C)n2nc(C(C)C)cc2C(C)C)n1. The highest BCUT2D eigenvalue weighted by Crippen LogP contribution is 2.28. The first kappa shape index (κ1) is 26.8. The fourth-order valence-corrected chi connectivity index (χ4v) is 4.25. The highest BCUT2D eigenvalue weighted by Gasteiger charge is 2.25. The summed E-state index contributed by atoms with van der Waals surface area (Å²) in [6, 6.07) is 6.52. The van der Waals surface area contributed by atoms with Gasteiger partial charge in [-0.2, -0.15) is 0 Å². The molecule has 1 radical (unpaired) electrons. The van der Waals surface area contributed by atoms with Crippen LogP contribution in [-0.4, -0.2) is 41.3 Å². The number of aliphatic hydroxyl groups is 1. The van der Waals surface area contributed by atoms with Gasteiger partial charge < -0.3 is 18.9 Å². The maximum Gasteiger partial charge on any atom is 0.261 e. The Kier molecular flexibility index (Phi) is 8.02. The average Bonchev–Trinajstić information content (AvgIpc) is 3.51. The second-order valence-electron chi connectivity index (χ2n) is 11.2. The minimum atomic E-state index is -0.401. The molecule has 35 heavy (non-hydrogen) atoms. The van der Waals surface area contributed by atoms with Gasteiger partial charge in [-0.1, -0.05) is 69.2 Å². The molecule has 0 fully saturated rings. The number of hydrogen-bond donors (Lipinski definition) is 1. The van der Waals surface area contributed by atoms with E-state index in [0.29, 0.717) is 11.8 Å². The van der Waals surface area contributed by atoms with Crippen LogP contribution in [0.4, 0.5) is 0 Å². The molecule has 0 bridgehead atoms. The van der Waals surface area contributed by atoms with Crippen molar-refractivity contribution in [2.24, 2.45) is 0 Å². The van der Waals surface area contributed by atoms with Crippen LogP contribution in [0.25, 0.3) is 5.57 Å². The topological polar surface area (TPSA) is 73.7 Å². The molecule has 0 saturated carbocycles. The number of allylic oxidation sites excluding steroid dienone is 1. The van der Waals surface area contributed by atoms with E-state index >= 15 is 0 Å². The van der Waals surface area contributed by atoms with Crippen LogP contribution >= 0.6 is 0 Å². The number of aromatic nitrogens is 6. The normalized spacial score (nSPS) is 13.1. The van der Waals surface area contributed by atoms with Crippen molar-refractivity contribution in [1.82, 2.24) is 29.1 Å². The fourth-order valence-electron chi connectivity index (χ4n) is 4.25. The Hall–Kier alpha value is -2.77. The van der Waals surface area contributed by atoms with Crippen molar-refractivity contribution in [2.75, 3.05) is 0 Å². The summed E-state index contributed by atoms with van der Waals surface area (Å²) in [5.41, 5.74) is 6.97. The van der Waals surface area contributed by atoms with E-state index in [-0.39, 0.29) is 17.8 Å². The molecule has 0 aliphatic heterocycles. The molecule has 3 aromatic rings. The molecule has 7 nitrogen and oxygen atoms in total. The number of nitrogens with zero attached hydrogens (tertiary/aromatic N) is 6. The largest absolute Gasteiger partial charge is 0.515 e. The van der Waals surface area contributed by atoms with E-state index in [2.05, 4.69) is 101 Å². The summed E-state index contributed by atoms with van der Waals surface area (Å²) in [4.78, 5) is 0. The van der Waals surface area contributed by atoms with E-state index in [9.17, 15) is 5.11 Å². The number of hydrogen-bond acceptors (Lipinski definition) is 4. The first-order valence-corrected chi connectivity index (χ1v) is 13.0. The zero-order chi connectivity index (χ0) is 26.2. The Morgan fingerprint density at radius 1 is 0.657 bits per heavy atom. The van der Waals surface area contributed by atoms with Gasteiger partial charge in [-0.25, -0.2) is 15.3 Å². The summed E-state index contributed by atoms with van der Waals surface area (Å²) in [6.45, 7) is 23.8. The van der Waals surface area contributed by atoms with E-state index < -0.39 is 7.12 Å². The van der Waals surface area contributed by atoms with Crippen LogP contribution in [0.15, 0.2) is 24.5 Å². The highest BCUT2D eigenvalue weighted by molar-refractivity contribution is 6.53. The fraction of sp³-hybridized carbons (Fsp3) is 0.593. The Labute approximate surface area is 211 Å². The Balaban J connectivity index is 2.43. The van der Waals surface area contributed by atoms with E-state index in [1.165, 1.54) is 0 Å². The first-order valence-electron chi connectivity index (χ1n) is 13.0. The lowest BCUT2D eigenvalue weighted by Gasteiger charge is -2.36. The standard InChI is InChI=1S/C27H43BN6O/c1-16(2)22-12-25(18(5)6)32(29-22)28(33-26(19(7)8)13-23(30-33)17(3)4)34-27(20(9)10)14-24(31-34)21(11)15-35/h12-20,35H,1-11H3/q-1/b21-15-. The number of aliphatic hydroxyl groups excluding tert-OH is 1. The monoisotopic (exact) mass is 478 g/mol. The van der Waals surface area contributed by atoms with Crippen molar-refractivity contribution < 1.29 is 5.11 Å². The van der Waals surface area contributed by atoms with Gasteiger partial charge in [-0.15, -0.1) is 0 Å². The van der Waals surface area contributed by atoms with E-state index in [0.717, 1.165) is 46.0 Å². The summed E-state index contributed by atoms with van der Waals surface area (Å²) in [7, 11) is -0.401. The predicted molar refractivity (Wildman–Crippen MR) is 145 cm³/mol. The van der Waals surface area contributed by atoms with Gasteiger partial charge in [0.15, 0.2) is 0 Å². The molecule has 3 rings (SSSR count). The van der Waals surface area contributed by atoms with Crippen molar-refractivity contribution in [3.63, 3.8) is 0 Å². The lowest BCUT2D eigenvalue weighted by Crippen LogP contribution is -2.47. The van der Waals surface area contributed by atoms with Gasteiger partial charge in [-0.3, -0.25) is 0 Å². The molecular weight excluding hydrogens is 435 g/mol. The van der Waals surface area contributed by atoms with Crippen molar-refractivity contribution in [3.05, 3.63) is 58.6 Å². The smallest absolute Gasteiger partial charge is 0.261 e. The minimum absolute atomic E-state index is 0.218. The molecule has 3 heterocycles. The van der Waals surface area contributed by atoms with Crippen LogP contribution in [-0.2, 0) is 0 Å². The number of rotatable bonds is 9. The molecule has 8 heteroatoms. The Bertz CT molecular complexity index is 1120. The lowest BCUT2D eigenvalue weighted by atomic mass is 9.89. The third kappa shape index (κ3) is 5.26. The highest BCUT2D eigenvalue weighted by atomic mass is 16.2. The van der Waals surface area contributed by atoms with Gasteiger partial charge in [0.05, 0.1) is 23.3 Å². The molecule has 3 aromatic heterocycles. The van der Waals surface area contributed by atoms with Gasteiger partial charge in [0, 0.05) is 5.57 Å². The average molecular weight is 478 g/mol. The van der Waals surface area contributed by atoms with Crippen LogP contribution < -0.4 is 0 Å². The van der Waals surface area contributed by atoms with E-state index in [1.54, 1.807) is 0 Å². The lowest BCUT2D eigenvalue weighted by molar-refractivity contribution is 0.475. The maximum atomic E-state index is 9.72. The summed E-state index contributed by atoms with van der Waals surface area (Å²) < 4.78 is 6.28. The molecule has 0 aliphatic carbocycles. The summed E-state index contributed by atoms with van der Waals surface area (Å²) >= 11 is 0. The van der Waals surface area contributed by atoms with Crippen molar-refractivity contribution in [2.45, 2.75) is 106 Å². The molecular formula is C27H43BN6O-. The maximum absolute atomic E-state index is 9.72. The zero-order valence-corrected chi connectivity index (χ0v) is 23.4. The second-order valence-corrected chi connectivity index (χ2v) is 11.2. The zero-order valence-electron chi connectivity index (χ0n) is 23.4. The quantitative estimate of drug-likeness (QED) is 0.273. The van der Waals surface area contributed by atoms with Gasteiger partial charge >= 0.3 is 0 Å². The minimum Gasteiger partial charge on any atom is -0.515 e. The molecule has 0 saturated heterocycles. The van der Waals surface area contributed by atoms with Crippen LogP contribution in [0.5, 0.6) is 0 Å². The van der Waals surface area contributed by atoms with Crippen LogP contribution in [0, 0.1) is 0 Å². The summed E-state index contributed by atoms with van der Waals surface area (Å²) in [5, 5.41) is 25.0. The van der Waals surface area contributed by atoms with Gasteiger partial charge in [-0.05, 0) is 71.8 Å². The molecule has 0 aliphatic rings. The molecule has 0 spiro atoms. The van der Waals surface area contributed by atoms with Crippen LogP contribution in [0.3, 0.4) is 0 Å². The van der Waals surface area contributed by atoms with Crippen molar-refractivity contribution in [1.29, 1.82) is 0 Å². The third-order valence-corrected chi connectivity index (χ3v) is 6.54. The van der Waals surface area contributed by atoms with Crippen LogP contribution in [0.2, 0.25) is 0 Å². The van der Waals surface area contributed by atoms with Gasteiger partial charge in [0.25, 0.3) is 7.12 Å². The van der Waals surface area contributed by atoms with Crippen molar-refractivity contribution >= 4 is 12.7 Å².